The molecular formula is C26H22O4. The maximum absolute atomic E-state index is 12.6. The standard InChI is InChI=1S/C26H22O4/c1-26(2,3)19-11-9-18(10-12-19)25(28)29-20-13-14-23-21(15-20)22(27)16-24(30-23)17-7-5-4-6-8-17/h4-16H,1-3H3. The van der Waals surface area contributed by atoms with Crippen molar-refractivity contribution in [3.8, 4) is 17.1 Å². The summed E-state index contributed by atoms with van der Waals surface area (Å²) in [5.74, 6) is 0.323. The van der Waals surface area contributed by atoms with E-state index in [-0.39, 0.29) is 10.8 Å². The van der Waals surface area contributed by atoms with Gasteiger partial charge in [-0.25, -0.2) is 4.79 Å². The average molecular weight is 398 g/mol. The van der Waals surface area contributed by atoms with Gasteiger partial charge in [-0.2, -0.15) is 0 Å². The highest BCUT2D eigenvalue weighted by atomic mass is 16.5. The molecule has 4 heteroatoms. The highest BCUT2D eigenvalue weighted by Gasteiger charge is 2.16. The topological polar surface area (TPSA) is 56.5 Å². The van der Waals surface area contributed by atoms with Crippen LogP contribution in [-0.2, 0) is 5.41 Å². The molecule has 150 valence electrons. The third-order valence-electron chi connectivity index (χ3n) is 4.95. The molecule has 30 heavy (non-hydrogen) atoms. The van der Waals surface area contributed by atoms with Crippen molar-refractivity contribution in [2.75, 3.05) is 0 Å². The third kappa shape index (κ3) is 4.03. The molecule has 3 aromatic carbocycles. The number of ether oxygens (including phenoxy) is 1. The molecule has 0 aliphatic rings. The van der Waals surface area contributed by atoms with Crippen molar-refractivity contribution >= 4 is 16.9 Å². The Hall–Kier alpha value is -3.66. The van der Waals surface area contributed by atoms with Crippen LogP contribution >= 0.6 is 0 Å². The number of carbonyl (C=O) groups excluding carboxylic acids is 1. The molecule has 1 aromatic heterocycles. The lowest BCUT2D eigenvalue weighted by atomic mass is 9.87. The summed E-state index contributed by atoms with van der Waals surface area (Å²) in [5, 5.41) is 0.364. The molecule has 4 nitrogen and oxygen atoms in total. The van der Waals surface area contributed by atoms with Crippen molar-refractivity contribution in [3.05, 3.63) is 100 Å². The van der Waals surface area contributed by atoms with Crippen LogP contribution in [-0.4, -0.2) is 5.97 Å². The summed E-state index contributed by atoms with van der Waals surface area (Å²) in [5.41, 5.74) is 2.67. The van der Waals surface area contributed by atoms with E-state index in [4.69, 9.17) is 9.15 Å². The largest absolute Gasteiger partial charge is 0.456 e. The lowest BCUT2D eigenvalue weighted by Crippen LogP contribution is -2.13. The van der Waals surface area contributed by atoms with E-state index in [1.54, 1.807) is 24.3 Å². The minimum atomic E-state index is -0.472. The second kappa shape index (κ2) is 7.64. The van der Waals surface area contributed by atoms with Gasteiger partial charge in [0.25, 0.3) is 0 Å². The van der Waals surface area contributed by atoms with Crippen LogP contribution in [0.5, 0.6) is 5.75 Å². The van der Waals surface area contributed by atoms with Crippen LogP contribution in [0.1, 0.15) is 36.7 Å². The number of hydrogen-bond acceptors (Lipinski definition) is 4. The molecule has 0 radical (unpaired) electrons. The predicted molar refractivity (Wildman–Crippen MR) is 118 cm³/mol. The molecule has 0 aliphatic carbocycles. The van der Waals surface area contributed by atoms with E-state index in [0.717, 1.165) is 11.1 Å². The number of benzene rings is 3. The molecular weight excluding hydrogens is 376 g/mol. The zero-order valence-corrected chi connectivity index (χ0v) is 17.1. The highest BCUT2D eigenvalue weighted by Crippen LogP contribution is 2.26. The molecule has 0 fully saturated rings. The van der Waals surface area contributed by atoms with Crippen LogP contribution in [0.25, 0.3) is 22.3 Å². The molecule has 0 amide bonds. The van der Waals surface area contributed by atoms with Crippen LogP contribution in [0.2, 0.25) is 0 Å². The van der Waals surface area contributed by atoms with E-state index in [1.807, 2.05) is 42.5 Å². The molecule has 0 saturated carbocycles. The maximum atomic E-state index is 12.6. The van der Waals surface area contributed by atoms with Gasteiger partial charge in [-0.3, -0.25) is 4.79 Å². The Labute approximate surface area is 174 Å². The maximum Gasteiger partial charge on any atom is 0.343 e. The van der Waals surface area contributed by atoms with Crippen molar-refractivity contribution < 1.29 is 13.9 Å². The number of esters is 1. The third-order valence-corrected chi connectivity index (χ3v) is 4.95. The first-order valence-corrected chi connectivity index (χ1v) is 9.77. The first-order chi connectivity index (χ1) is 14.3. The molecule has 4 aromatic rings. The van der Waals surface area contributed by atoms with Crippen molar-refractivity contribution in [2.45, 2.75) is 26.2 Å². The summed E-state index contributed by atoms with van der Waals surface area (Å²) in [6.07, 6.45) is 0. The van der Waals surface area contributed by atoms with Gasteiger partial charge in [0.15, 0.2) is 5.43 Å². The van der Waals surface area contributed by atoms with Crippen LogP contribution in [0.4, 0.5) is 0 Å². The second-order valence-corrected chi connectivity index (χ2v) is 8.22. The van der Waals surface area contributed by atoms with E-state index in [0.29, 0.717) is 28.0 Å². The summed E-state index contributed by atoms with van der Waals surface area (Å²) in [6.45, 7) is 6.35. The normalized spacial score (nSPS) is 11.4. The van der Waals surface area contributed by atoms with Crippen LogP contribution < -0.4 is 10.2 Å². The Morgan fingerprint density at radius 3 is 2.23 bits per heavy atom. The second-order valence-electron chi connectivity index (χ2n) is 8.22. The molecule has 0 saturated heterocycles. The van der Waals surface area contributed by atoms with Crippen molar-refractivity contribution in [1.29, 1.82) is 0 Å². The zero-order chi connectivity index (χ0) is 21.3. The Bertz CT molecular complexity index is 1260. The first-order valence-electron chi connectivity index (χ1n) is 9.77. The molecule has 0 atom stereocenters. The lowest BCUT2D eigenvalue weighted by Gasteiger charge is -2.18. The summed E-state index contributed by atoms with van der Waals surface area (Å²) >= 11 is 0. The monoisotopic (exact) mass is 398 g/mol. The number of rotatable bonds is 3. The van der Waals surface area contributed by atoms with Gasteiger partial charge < -0.3 is 9.15 Å². The van der Waals surface area contributed by atoms with Crippen LogP contribution in [0, 0.1) is 0 Å². The fourth-order valence-electron chi connectivity index (χ4n) is 3.22. The number of fused-ring (bicyclic) bond motifs is 1. The van der Waals surface area contributed by atoms with Gasteiger partial charge in [0.2, 0.25) is 0 Å². The average Bonchev–Trinajstić information content (AvgIpc) is 2.74. The fraction of sp³-hybridized carbons (Fsp3) is 0.154. The van der Waals surface area contributed by atoms with Gasteiger partial charge in [-0.05, 0) is 41.3 Å². The Balaban J connectivity index is 1.60. The molecule has 0 unspecified atom stereocenters. The first kappa shape index (κ1) is 19.6. The number of carbonyl (C=O) groups is 1. The molecule has 0 bridgehead atoms. The van der Waals surface area contributed by atoms with Gasteiger partial charge in [0, 0.05) is 11.6 Å². The summed E-state index contributed by atoms with van der Waals surface area (Å²) < 4.78 is 11.4. The van der Waals surface area contributed by atoms with E-state index >= 15 is 0 Å². The Morgan fingerprint density at radius 1 is 0.867 bits per heavy atom. The quantitative estimate of drug-likeness (QED) is 0.315. The van der Waals surface area contributed by atoms with Gasteiger partial charge in [-0.1, -0.05) is 63.2 Å². The predicted octanol–water partition coefficient (Wildman–Crippen LogP) is 5.98. The summed E-state index contributed by atoms with van der Waals surface area (Å²) in [4.78, 5) is 25.1. The molecule has 1 heterocycles. The fourth-order valence-corrected chi connectivity index (χ4v) is 3.22. The van der Waals surface area contributed by atoms with Crippen LogP contribution in [0.3, 0.4) is 0 Å². The molecule has 0 N–H and O–H groups in total. The van der Waals surface area contributed by atoms with Gasteiger partial charge in [-0.15, -0.1) is 0 Å². The zero-order valence-electron chi connectivity index (χ0n) is 17.1. The minimum absolute atomic E-state index is 0.00735. The molecule has 0 aliphatic heterocycles. The molecule has 4 rings (SSSR count). The van der Waals surface area contributed by atoms with Gasteiger partial charge >= 0.3 is 5.97 Å². The Morgan fingerprint density at radius 2 is 1.57 bits per heavy atom. The minimum Gasteiger partial charge on any atom is -0.456 e. The van der Waals surface area contributed by atoms with Crippen LogP contribution in [0.15, 0.2) is 88.1 Å². The van der Waals surface area contributed by atoms with Gasteiger partial charge in [0.05, 0.1) is 10.9 Å². The molecule has 0 spiro atoms. The van der Waals surface area contributed by atoms with E-state index in [2.05, 4.69) is 20.8 Å². The van der Waals surface area contributed by atoms with E-state index in [9.17, 15) is 9.59 Å². The van der Waals surface area contributed by atoms with E-state index < -0.39 is 5.97 Å². The lowest BCUT2D eigenvalue weighted by molar-refractivity contribution is 0.0735. The van der Waals surface area contributed by atoms with Crippen molar-refractivity contribution in [3.63, 3.8) is 0 Å². The van der Waals surface area contributed by atoms with E-state index in [1.165, 1.54) is 12.1 Å². The summed E-state index contributed by atoms with van der Waals surface area (Å²) in [6, 6.07) is 23.1. The smallest absolute Gasteiger partial charge is 0.343 e. The SMILES string of the molecule is CC(C)(C)c1ccc(C(=O)Oc2ccc3oc(-c4ccccc4)cc(=O)c3c2)cc1. The Kier molecular flexibility index (Phi) is 5.00. The van der Waals surface area contributed by atoms with Gasteiger partial charge in [0.1, 0.15) is 17.1 Å². The van der Waals surface area contributed by atoms with Crippen molar-refractivity contribution in [1.82, 2.24) is 0 Å². The highest BCUT2D eigenvalue weighted by molar-refractivity contribution is 5.91. The van der Waals surface area contributed by atoms with Crippen molar-refractivity contribution in [2.24, 2.45) is 0 Å². The number of hydrogen-bond donors (Lipinski definition) is 0. The summed E-state index contributed by atoms with van der Waals surface area (Å²) in [7, 11) is 0.